The summed E-state index contributed by atoms with van der Waals surface area (Å²) in [4.78, 5) is 14.9. The molecule has 1 aliphatic carbocycles. The fourth-order valence-electron chi connectivity index (χ4n) is 3.62. The molecule has 0 atom stereocenters. The van der Waals surface area contributed by atoms with Gasteiger partial charge in [-0.05, 0) is 25.7 Å². The molecule has 4 rings (SSSR count). The van der Waals surface area contributed by atoms with Gasteiger partial charge in [-0.2, -0.15) is 4.31 Å². The third kappa shape index (κ3) is 3.63. The van der Waals surface area contributed by atoms with Crippen LogP contribution in [0.2, 0.25) is 0 Å². The summed E-state index contributed by atoms with van der Waals surface area (Å²) >= 11 is 0. The van der Waals surface area contributed by atoms with E-state index in [9.17, 15) is 8.42 Å². The third-order valence-corrected chi connectivity index (χ3v) is 6.93. The lowest BCUT2D eigenvalue weighted by Crippen LogP contribution is -2.48. The maximum Gasteiger partial charge on any atom is 0.262 e. The topological polar surface area (TPSA) is 93.5 Å². The monoisotopic (exact) mass is 392 g/mol. The molecule has 0 spiro atoms. The van der Waals surface area contributed by atoms with E-state index in [2.05, 4.69) is 19.9 Å². The molecule has 0 aromatic carbocycles. The number of aromatic nitrogens is 4. The van der Waals surface area contributed by atoms with Crippen LogP contribution in [0.25, 0.3) is 0 Å². The molecule has 9 nitrogen and oxygen atoms in total. The number of piperidine rings is 1. The molecule has 1 saturated heterocycles. The molecule has 3 heterocycles. The molecule has 2 aromatic heterocycles. The standard InChI is InChI=1S/C17H24N6O3S/c1-21-10-17(20-12-21)27(24,25)22-7-5-14(6-8-22)23(13-3-4-13)15-9-16(26-2)19-11-18-15/h9-14H,3-8H2,1-2H3. The van der Waals surface area contributed by atoms with Crippen LogP contribution in [0.3, 0.4) is 0 Å². The average molecular weight is 392 g/mol. The Morgan fingerprint density at radius 2 is 1.81 bits per heavy atom. The number of aryl methyl sites for hydroxylation is 1. The molecule has 1 saturated carbocycles. The van der Waals surface area contributed by atoms with E-state index in [1.165, 1.54) is 17.0 Å². The van der Waals surface area contributed by atoms with Crippen LogP contribution in [0, 0.1) is 0 Å². The van der Waals surface area contributed by atoms with E-state index in [1.807, 2.05) is 6.07 Å². The van der Waals surface area contributed by atoms with Crippen LogP contribution in [-0.4, -0.2) is 64.5 Å². The summed E-state index contributed by atoms with van der Waals surface area (Å²) in [5.74, 6) is 1.40. The second-order valence-electron chi connectivity index (χ2n) is 7.07. The summed E-state index contributed by atoms with van der Waals surface area (Å²) in [6.07, 6.45) is 8.37. The molecule has 1 aliphatic heterocycles. The van der Waals surface area contributed by atoms with Crippen molar-refractivity contribution in [2.75, 3.05) is 25.1 Å². The minimum Gasteiger partial charge on any atom is -0.481 e. The van der Waals surface area contributed by atoms with Gasteiger partial charge in [0.2, 0.25) is 5.88 Å². The lowest BCUT2D eigenvalue weighted by molar-refractivity contribution is 0.307. The second kappa shape index (κ2) is 7.08. The number of methoxy groups -OCH3 is 1. The number of nitrogens with zero attached hydrogens (tertiary/aromatic N) is 6. The van der Waals surface area contributed by atoms with Crippen LogP contribution in [-0.2, 0) is 17.1 Å². The second-order valence-corrected chi connectivity index (χ2v) is 8.95. The molecule has 10 heteroatoms. The van der Waals surface area contributed by atoms with E-state index in [4.69, 9.17) is 4.74 Å². The van der Waals surface area contributed by atoms with Crippen LogP contribution < -0.4 is 9.64 Å². The molecule has 2 fully saturated rings. The predicted octanol–water partition coefficient (Wildman–Crippen LogP) is 1.04. The smallest absolute Gasteiger partial charge is 0.262 e. The van der Waals surface area contributed by atoms with Gasteiger partial charge in [-0.3, -0.25) is 0 Å². The first-order valence-electron chi connectivity index (χ1n) is 9.11. The van der Waals surface area contributed by atoms with Crippen molar-refractivity contribution < 1.29 is 13.2 Å². The minimum absolute atomic E-state index is 0.114. The molecule has 146 valence electrons. The Morgan fingerprint density at radius 3 is 2.41 bits per heavy atom. The fourth-order valence-corrected chi connectivity index (χ4v) is 5.06. The number of hydrogen-bond acceptors (Lipinski definition) is 7. The summed E-state index contributed by atoms with van der Waals surface area (Å²) in [5.41, 5.74) is 0. The van der Waals surface area contributed by atoms with Crippen molar-refractivity contribution in [1.29, 1.82) is 0 Å². The van der Waals surface area contributed by atoms with Crippen LogP contribution in [0.4, 0.5) is 5.82 Å². The first kappa shape index (κ1) is 18.2. The molecular weight excluding hydrogens is 368 g/mol. The Morgan fingerprint density at radius 1 is 1.11 bits per heavy atom. The molecule has 0 unspecified atom stereocenters. The fraction of sp³-hybridized carbons (Fsp3) is 0.588. The van der Waals surface area contributed by atoms with Gasteiger partial charge in [0.15, 0.2) is 5.03 Å². The van der Waals surface area contributed by atoms with Gasteiger partial charge >= 0.3 is 0 Å². The van der Waals surface area contributed by atoms with Gasteiger partial charge in [0.05, 0.1) is 13.4 Å². The lowest BCUT2D eigenvalue weighted by Gasteiger charge is -2.38. The highest BCUT2D eigenvalue weighted by molar-refractivity contribution is 7.89. The van der Waals surface area contributed by atoms with E-state index >= 15 is 0 Å². The van der Waals surface area contributed by atoms with Gasteiger partial charge < -0.3 is 14.2 Å². The zero-order valence-electron chi connectivity index (χ0n) is 15.5. The van der Waals surface area contributed by atoms with E-state index in [-0.39, 0.29) is 11.1 Å². The predicted molar refractivity (Wildman–Crippen MR) is 99.1 cm³/mol. The zero-order chi connectivity index (χ0) is 19.0. The van der Waals surface area contributed by atoms with E-state index in [0.29, 0.717) is 25.0 Å². The Balaban J connectivity index is 1.49. The largest absolute Gasteiger partial charge is 0.481 e. The highest BCUT2D eigenvalue weighted by atomic mass is 32.2. The minimum atomic E-state index is -3.53. The van der Waals surface area contributed by atoms with Crippen molar-refractivity contribution in [1.82, 2.24) is 23.8 Å². The van der Waals surface area contributed by atoms with Crippen molar-refractivity contribution in [3.63, 3.8) is 0 Å². The van der Waals surface area contributed by atoms with E-state index < -0.39 is 10.0 Å². The molecule has 0 amide bonds. The summed E-state index contributed by atoms with van der Waals surface area (Å²) in [5, 5.41) is 0.114. The van der Waals surface area contributed by atoms with Crippen molar-refractivity contribution in [3.8, 4) is 5.88 Å². The van der Waals surface area contributed by atoms with Crippen molar-refractivity contribution in [2.24, 2.45) is 7.05 Å². The summed E-state index contributed by atoms with van der Waals surface area (Å²) in [6.45, 7) is 0.962. The Hall–Kier alpha value is -2.20. The lowest BCUT2D eigenvalue weighted by atomic mass is 10.0. The number of sulfonamides is 1. The van der Waals surface area contributed by atoms with Crippen LogP contribution in [0.15, 0.2) is 29.9 Å². The quantitative estimate of drug-likeness (QED) is 0.725. The van der Waals surface area contributed by atoms with Crippen LogP contribution >= 0.6 is 0 Å². The first-order chi connectivity index (χ1) is 13.0. The third-order valence-electron chi connectivity index (χ3n) is 5.14. The normalized spacial score (nSPS) is 19.2. The molecule has 0 bridgehead atoms. The van der Waals surface area contributed by atoms with E-state index in [1.54, 1.807) is 24.9 Å². The Bertz CT molecular complexity index is 903. The SMILES string of the molecule is COc1cc(N(C2CC2)C2CCN(S(=O)(=O)c3cn(C)cn3)CC2)ncn1. The number of ether oxygens (including phenoxy) is 1. The Kier molecular flexibility index (Phi) is 4.77. The van der Waals surface area contributed by atoms with Gasteiger partial charge in [0.25, 0.3) is 10.0 Å². The van der Waals surface area contributed by atoms with Crippen molar-refractivity contribution in [3.05, 3.63) is 24.9 Å². The Labute approximate surface area is 159 Å². The van der Waals surface area contributed by atoms with Gasteiger partial charge in [0.1, 0.15) is 12.1 Å². The van der Waals surface area contributed by atoms with Gasteiger partial charge in [0, 0.05) is 44.5 Å². The molecule has 0 radical (unpaired) electrons. The van der Waals surface area contributed by atoms with Crippen LogP contribution in [0.1, 0.15) is 25.7 Å². The average Bonchev–Trinajstić information content (AvgIpc) is 3.41. The van der Waals surface area contributed by atoms with Crippen LogP contribution in [0.5, 0.6) is 5.88 Å². The molecule has 0 N–H and O–H groups in total. The zero-order valence-corrected chi connectivity index (χ0v) is 16.3. The summed E-state index contributed by atoms with van der Waals surface area (Å²) in [7, 11) is -0.176. The molecule has 2 aromatic rings. The number of rotatable bonds is 6. The number of hydrogen-bond donors (Lipinski definition) is 0. The highest BCUT2D eigenvalue weighted by Gasteiger charge is 2.39. The van der Waals surface area contributed by atoms with E-state index in [0.717, 1.165) is 31.5 Å². The van der Waals surface area contributed by atoms with Gasteiger partial charge in [-0.15, -0.1) is 0 Å². The highest BCUT2D eigenvalue weighted by Crippen LogP contribution is 2.36. The van der Waals surface area contributed by atoms with Crippen molar-refractivity contribution in [2.45, 2.75) is 42.8 Å². The maximum absolute atomic E-state index is 12.8. The molecule has 27 heavy (non-hydrogen) atoms. The van der Waals surface area contributed by atoms with Gasteiger partial charge in [-0.25, -0.2) is 23.4 Å². The summed E-state index contributed by atoms with van der Waals surface area (Å²) in [6, 6.07) is 2.58. The summed E-state index contributed by atoms with van der Waals surface area (Å²) < 4.78 is 34.0. The van der Waals surface area contributed by atoms with Gasteiger partial charge in [-0.1, -0.05) is 0 Å². The number of imidazole rings is 1. The molecule has 2 aliphatic rings. The maximum atomic E-state index is 12.8. The first-order valence-corrected chi connectivity index (χ1v) is 10.6. The number of anilines is 1. The molecular formula is C17H24N6O3S. The van der Waals surface area contributed by atoms with Crippen molar-refractivity contribution >= 4 is 15.8 Å².